The van der Waals surface area contributed by atoms with Gasteiger partial charge in [0.25, 0.3) is 0 Å². The molecule has 0 aliphatic rings. The third-order valence-corrected chi connectivity index (χ3v) is 1.56. The third-order valence-electron chi connectivity index (χ3n) is 1.06. The van der Waals surface area contributed by atoms with Crippen LogP contribution in [0.4, 0.5) is 0 Å². The van der Waals surface area contributed by atoms with Crippen LogP contribution in [0.3, 0.4) is 0 Å². The van der Waals surface area contributed by atoms with E-state index in [9.17, 15) is 0 Å². The van der Waals surface area contributed by atoms with E-state index in [4.69, 9.17) is 15.3 Å². The van der Waals surface area contributed by atoms with Crippen LogP contribution in [0.5, 0.6) is 0 Å². The maximum Gasteiger partial charge on any atom is 0.0700 e. The summed E-state index contributed by atoms with van der Waals surface area (Å²) in [7, 11) is 0. The molecule has 0 saturated heterocycles. The average Bonchev–Trinajstić information content (AvgIpc) is 1.87. The molecule has 0 aromatic carbocycles. The number of aliphatic hydroxyl groups excluding tert-OH is 3. The molecule has 0 aromatic heterocycles. The Morgan fingerprint density at radius 2 is 1.89 bits per heavy atom. The number of hydrogen-bond donors (Lipinski definition) is 4. The highest BCUT2D eigenvalue weighted by atomic mass is 32.1. The number of aliphatic hydroxyl groups is 3. The molecule has 4 heteroatoms. The lowest BCUT2D eigenvalue weighted by molar-refractivity contribution is 0.110. The normalized spacial score (nSPS) is 17.3. The van der Waals surface area contributed by atoms with Gasteiger partial charge in [0.05, 0.1) is 18.0 Å². The van der Waals surface area contributed by atoms with Gasteiger partial charge in [-0.15, -0.1) is 0 Å². The first kappa shape index (κ1) is 9.23. The van der Waals surface area contributed by atoms with Crippen LogP contribution in [-0.2, 0) is 0 Å². The molecule has 0 aliphatic carbocycles. The second kappa shape index (κ2) is 5.05. The molecular formula is C5H12O3S. The van der Waals surface area contributed by atoms with E-state index in [1.807, 2.05) is 0 Å². The molecule has 0 aromatic rings. The second-order valence-corrected chi connectivity index (χ2v) is 2.49. The monoisotopic (exact) mass is 152 g/mol. The topological polar surface area (TPSA) is 60.7 Å². The molecule has 0 fully saturated rings. The quantitative estimate of drug-likeness (QED) is 0.392. The maximum absolute atomic E-state index is 8.92. The van der Waals surface area contributed by atoms with Crippen molar-refractivity contribution in [3.05, 3.63) is 0 Å². The van der Waals surface area contributed by atoms with Crippen molar-refractivity contribution in [2.24, 2.45) is 0 Å². The Kier molecular flexibility index (Phi) is 5.18. The van der Waals surface area contributed by atoms with Gasteiger partial charge in [-0.05, 0) is 6.42 Å². The van der Waals surface area contributed by atoms with Gasteiger partial charge in [-0.25, -0.2) is 0 Å². The van der Waals surface area contributed by atoms with Crippen molar-refractivity contribution >= 4 is 12.6 Å². The molecule has 0 bridgehead atoms. The molecule has 56 valence electrons. The first-order valence-corrected chi connectivity index (χ1v) is 3.32. The Morgan fingerprint density at radius 3 is 2.22 bits per heavy atom. The average molecular weight is 152 g/mol. The van der Waals surface area contributed by atoms with Gasteiger partial charge in [0, 0.05) is 6.61 Å². The lowest BCUT2D eigenvalue weighted by atomic mass is 10.2. The van der Waals surface area contributed by atoms with E-state index in [-0.39, 0.29) is 19.6 Å². The fourth-order valence-corrected chi connectivity index (χ4v) is 0.595. The van der Waals surface area contributed by atoms with Crippen LogP contribution in [0.2, 0.25) is 0 Å². The van der Waals surface area contributed by atoms with E-state index in [0.29, 0.717) is 0 Å². The highest BCUT2D eigenvalue weighted by molar-refractivity contribution is 7.81. The van der Waals surface area contributed by atoms with Crippen molar-refractivity contribution in [3.8, 4) is 0 Å². The molecule has 0 radical (unpaired) electrons. The first-order valence-electron chi connectivity index (χ1n) is 2.80. The maximum atomic E-state index is 8.92. The summed E-state index contributed by atoms with van der Waals surface area (Å²) in [5.74, 6) is 0. The number of thiol groups is 1. The molecule has 3 nitrogen and oxygen atoms in total. The molecular weight excluding hydrogens is 140 g/mol. The number of hydrogen-bond acceptors (Lipinski definition) is 4. The minimum absolute atomic E-state index is 0.0712. The molecule has 2 atom stereocenters. The molecule has 0 aliphatic heterocycles. The van der Waals surface area contributed by atoms with E-state index in [1.165, 1.54) is 0 Å². The summed E-state index contributed by atoms with van der Waals surface area (Å²) in [5.41, 5.74) is 0. The van der Waals surface area contributed by atoms with Crippen molar-refractivity contribution < 1.29 is 15.3 Å². The fraction of sp³-hybridized carbons (Fsp3) is 1.00. The molecule has 2 unspecified atom stereocenters. The van der Waals surface area contributed by atoms with Crippen molar-refractivity contribution in [3.63, 3.8) is 0 Å². The minimum Gasteiger partial charge on any atom is -0.396 e. The summed E-state index contributed by atoms with van der Waals surface area (Å²) < 4.78 is 0. The molecule has 9 heavy (non-hydrogen) atoms. The summed E-state index contributed by atoms with van der Waals surface area (Å²) >= 11 is 3.85. The Morgan fingerprint density at radius 1 is 1.33 bits per heavy atom. The molecule has 0 amide bonds. The van der Waals surface area contributed by atoms with Gasteiger partial charge in [-0.1, -0.05) is 0 Å². The zero-order valence-electron chi connectivity index (χ0n) is 5.06. The lowest BCUT2D eigenvalue weighted by Crippen LogP contribution is -2.25. The van der Waals surface area contributed by atoms with Gasteiger partial charge in [-0.2, -0.15) is 12.6 Å². The zero-order valence-corrected chi connectivity index (χ0v) is 5.96. The van der Waals surface area contributed by atoms with E-state index in [1.54, 1.807) is 0 Å². The van der Waals surface area contributed by atoms with Crippen LogP contribution < -0.4 is 0 Å². The van der Waals surface area contributed by atoms with Crippen LogP contribution in [0.1, 0.15) is 6.42 Å². The summed E-state index contributed by atoms with van der Waals surface area (Å²) in [6, 6.07) is 0. The molecule has 0 spiro atoms. The number of rotatable bonds is 4. The van der Waals surface area contributed by atoms with E-state index < -0.39 is 11.4 Å². The second-order valence-electron chi connectivity index (χ2n) is 1.83. The van der Waals surface area contributed by atoms with Gasteiger partial charge in [0.15, 0.2) is 0 Å². The SMILES string of the molecule is OCCC(O)C(S)CO. The van der Waals surface area contributed by atoms with Crippen LogP contribution >= 0.6 is 12.6 Å². The fourth-order valence-electron chi connectivity index (χ4n) is 0.446. The van der Waals surface area contributed by atoms with Crippen molar-refractivity contribution in [1.29, 1.82) is 0 Å². The summed E-state index contributed by atoms with van der Waals surface area (Å²) in [4.78, 5) is 0. The molecule has 0 rings (SSSR count). The largest absolute Gasteiger partial charge is 0.396 e. The Hall–Kier alpha value is 0.230. The van der Waals surface area contributed by atoms with Crippen molar-refractivity contribution in [1.82, 2.24) is 0 Å². The van der Waals surface area contributed by atoms with Crippen LogP contribution in [-0.4, -0.2) is 39.9 Å². The van der Waals surface area contributed by atoms with Crippen molar-refractivity contribution in [2.75, 3.05) is 13.2 Å². The van der Waals surface area contributed by atoms with Gasteiger partial charge in [0.2, 0.25) is 0 Å². The van der Waals surface area contributed by atoms with E-state index >= 15 is 0 Å². The first-order chi connectivity index (χ1) is 4.22. The van der Waals surface area contributed by atoms with Crippen LogP contribution in [0.25, 0.3) is 0 Å². The smallest absolute Gasteiger partial charge is 0.0700 e. The van der Waals surface area contributed by atoms with E-state index in [0.717, 1.165) is 0 Å². The van der Waals surface area contributed by atoms with Gasteiger partial charge < -0.3 is 15.3 Å². The van der Waals surface area contributed by atoms with Gasteiger partial charge in [0.1, 0.15) is 0 Å². The summed E-state index contributed by atoms with van der Waals surface area (Å²) in [5, 5.41) is 25.2. The Labute approximate surface area is 59.7 Å². The highest BCUT2D eigenvalue weighted by Crippen LogP contribution is 2.03. The van der Waals surface area contributed by atoms with Gasteiger partial charge >= 0.3 is 0 Å². The van der Waals surface area contributed by atoms with E-state index in [2.05, 4.69) is 12.6 Å². The Balaban J connectivity index is 3.32. The van der Waals surface area contributed by atoms with Gasteiger partial charge in [-0.3, -0.25) is 0 Å². The predicted molar refractivity (Wildman–Crippen MR) is 37.6 cm³/mol. The predicted octanol–water partition coefficient (Wildman–Crippen LogP) is -0.980. The lowest BCUT2D eigenvalue weighted by Gasteiger charge is -2.13. The highest BCUT2D eigenvalue weighted by Gasteiger charge is 2.12. The standard InChI is InChI=1S/C5H12O3S/c6-2-1-4(8)5(9)3-7/h4-9H,1-3H2. The summed E-state index contributed by atoms with van der Waals surface area (Å²) in [6.07, 6.45) is -0.433. The molecule has 3 N–H and O–H groups in total. The van der Waals surface area contributed by atoms with Crippen molar-refractivity contribution in [2.45, 2.75) is 17.8 Å². The van der Waals surface area contributed by atoms with Crippen LogP contribution in [0, 0.1) is 0 Å². The molecule has 0 heterocycles. The minimum atomic E-state index is -0.705. The van der Waals surface area contributed by atoms with Crippen LogP contribution in [0.15, 0.2) is 0 Å². The zero-order chi connectivity index (χ0) is 7.28. The Bertz CT molecular complexity index is 69.2. The molecule has 0 saturated carbocycles. The summed E-state index contributed by atoms with van der Waals surface area (Å²) in [6.45, 7) is -0.234. The third kappa shape index (κ3) is 3.75.